The molecule has 184 valence electrons. The summed E-state index contributed by atoms with van der Waals surface area (Å²) >= 11 is 0. The van der Waals surface area contributed by atoms with Crippen LogP contribution in [0.5, 0.6) is 0 Å². The van der Waals surface area contributed by atoms with Crippen LogP contribution in [0.3, 0.4) is 0 Å². The van der Waals surface area contributed by atoms with Gasteiger partial charge in [-0.3, -0.25) is 14.8 Å². The SMILES string of the molecule is CCn1cc(NC(=O)OC(C)c2ccccc2)c(-c2ccc(CNC(CC3CC3)C(=O)O)cc2)n1. The first-order chi connectivity index (χ1) is 16.9. The number of nitrogens with zero attached hydrogens (tertiary/aromatic N) is 2. The average molecular weight is 477 g/mol. The maximum atomic E-state index is 12.6. The van der Waals surface area contributed by atoms with Crippen molar-refractivity contribution in [2.24, 2.45) is 5.92 Å². The fourth-order valence-electron chi connectivity index (χ4n) is 3.96. The number of amides is 1. The number of anilines is 1. The Labute approximate surface area is 205 Å². The van der Waals surface area contributed by atoms with Crippen molar-refractivity contribution in [3.63, 3.8) is 0 Å². The number of carboxylic acids is 1. The first kappa shape index (κ1) is 24.5. The monoisotopic (exact) mass is 476 g/mol. The van der Waals surface area contributed by atoms with Crippen LogP contribution in [-0.2, 0) is 22.6 Å². The molecule has 1 aliphatic rings. The van der Waals surface area contributed by atoms with Gasteiger partial charge in [0, 0.05) is 24.8 Å². The highest BCUT2D eigenvalue weighted by atomic mass is 16.6. The van der Waals surface area contributed by atoms with Gasteiger partial charge in [-0.1, -0.05) is 67.4 Å². The molecule has 2 aromatic carbocycles. The van der Waals surface area contributed by atoms with Gasteiger partial charge < -0.3 is 15.2 Å². The molecule has 3 N–H and O–H groups in total. The van der Waals surface area contributed by atoms with Crippen LogP contribution in [-0.4, -0.2) is 33.0 Å². The van der Waals surface area contributed by atoms with Gasteiger partial charge in [0.1, 0.15) is 17.8 Å². The van der Waals surface area contributed by atoms with Crippen molar-refractivity contribution < 1.29 is 19.4 Å². The van der Waals surface area contributed by atoms with Crippen LogP contribution in [0.15, 0.2) is 60.8 Å². The van der Waals surface area contributed by atoms with Crippen LogP contribution in [0.2, 0.25) is 0 Å². The minimum atomic E-state index is -0.803. The molecule has 35 heavy (non-hydrogen) atoms. The molecule has 1 fully saturated rings. The van der Waals surface area contributed by atoms with E-state index in [4.69, 9.17) is 4.74 Å². The first-order valence-corrected chi connectivity index (χ1v) is 12.1. The molecule has 8 nitrogen and oxygen atoms in total. The Bertz CT molecular complexity index is 1140. The number of carboxylic acid groups (broad SMARTS) is 1. The number of aliphatic carboxylic acids is 1. The third kappa shape index (κ3) is 6.70. The average Bonchev–Trinajstić information content (AvgIpc) is 3.60. The molecule has 1 heterocycles. The molecule has 2 atom stereocenters. The number of ether oxygens (including phenoxy) is 1. The predicted molar refractivity (Wildman–Crippen MR) is 134 cm³/mol. The van der Waals surface area contributed by atoms with E-state index in [0.29, 0.717) is 36.8 Å². The highest BCUT2D eigenvalue weighted by Crippen LogP contribution is 2.33. The van der Waals surface area contributed by atoms with Crippen molar-refractivity contribution in [2.45, 2.75) is 58.3 Å². The second-order valence-corrected chi connectivity index (χ2v) is 8.98. The van der Waals surface area contributed by atoms with Gasteiger partial charge in [-0.2, -0.15) is 5.10 Å². The topological polar surface area (TPSA) is 105 Å². The molecule has 0 aliphatic heterocycles. The van der Waals surface area contributed by atoms with Crippen LogP contribution < -0.4 is 10.6 Å². The van der Waals surface area contributed by atoms with Crippen LogP contribution in [0.1, 0.15) is 50.3 Å². The summed E-state index contributed by atoms with van der Waals surface area (Å²) in [7, 11) is 0. The number of hydrogen-bond acceptors (Lipinski definition) is 5. The molecule has 8 heteroatoms. The second-order valence-electron chi connectivity index (χ2n) is 8.98. The number of aromatic nitrogens is 2. The molecular formula is C27H32N4O4. The van der Waals surface area contributed by atoms with Crippen molar-refractivity contribution in [1.29, 1.82) is 0 Å². The molecule has 1 aromatic heterocycles. The molecule has 1 aliphatic carbocycles. The fraction of sp³-hybridized carbons (Fsp3) is 0.370. The Morgan fingerprint density at radius 1 is 1.14 bits per heavy atom. The first-order valence-electron chi connectivity index (χ1n) is 12.1. The molecule has 4 rings (SSSR count). The Morgan fingerprint density at radius 2 is 1.86 bits per heavy atom. The number of carbonyl (C=O) groups excluding carboxylic acids is 1. The third-order valence-electron chi connectivity index (χ3n) is 6.22. The maximum Gasteiger partial charge on any atom is 0.412 e. The zero-order valence-electron chi connectivity index (χ0n) is 20.1. The minimum Gasteiger partial charge on any atom is -0.480 e. The molecular weight excluding hydrogens is 444 g/mol. The minimum absolute atomic E-state index is 0.387. The number of rotatable bonds is 11. The molecule has 1 amide bonds. The van der Waals surface area contributed by atoms with Gasteiger partial charge in [-0.15, -0.1) is 0 Å². The summed E-state index contributed by atoms with van der Waals surface area (Å²) in [6.07, 6.45) is 3.78. The van der Waals surface area contributed by atoms with Crippen LogP contribution >= 0.6 is 0 Å². The second kappa shape index (κ2) is 11.2. The zero-order chi connectivity index (χ0) is 24.8. The smallest absolute Gasteiger partial charge is 0.412 e. The molecule has 0 bridgehead atoms. The molecule has 1 saturated carbocycles. The van der Waals surface area contributed by atoms with E-state index in [1.165, 1.54) is 0 Å². The standard InChI is InChI=1S/C27H32N4O4/c1-3-31-17-24(29-27(34)35-18(2)21-7-5-4-6-8-21)25(30-31)22-13-11-20(12-14-22)16-28-23(26(32)33)15-19-9-10-19/h4-8,11-14,17-19,23,28H,3,9-10,15-16H2,1-2H3,(H,29,34)(H,32,33). The molecule has 2 unspecified atom stereocenters. The fourth-order valence-corrected chi connectivity index (χ4v) is 3.96. The molecule has 0 saturated heterocycles. The summed E-state index contributed by atoms with van der Waals surface area (Å²) in [6, 6.07) is 16.8. The highest BCUT2D eigenvalue weighted by molar-refractivity contribution is 5.90. The van der Waals surface area contributed by atoms with Gasteiger partial charge in [-0.05, 0) is 37.3 Å². The summed E-state index contributed by atoms with van der Waals surface area (Å²) in [5, 5.41) is 20.0. The van der Waals surface area contributed by atoms with Crippen LogP contribution in [0.25, 0.3) is 11.3 Å². The van der Waals surface area contributed by atoms with Crippen LogP contribution in [0.4, 0.5) is 10.5 Å². The Balaban J connectivity index is 1.41. The maximum absolute atomic E-state index is 12.6. The number of benzene rings is 2. The normalized spacial score (nSPS) is 14.8. The summed E-state index contributed by atoms with van der Waals surface area (Å²) in [5.41, 5.74) is 3.96. The lowest BCUT2D eigenvalue weighted by Gasteiger charge is -2.15. The lowest BCUT2D eigenvalue weighted by molar-refractivity contribution is -0.139. The quantitative estimate of drug-likeness (QED) is 0.350. The van der Waals surface area contributed by atoms with Gasteiger partial charge in [0.05, 0.1) is 5.69 Å². The number of aryl methyl sites for hydroxylation is 1. The van der Waals surface area contributed by atoms with E-state index in [1.54, 1.807) is 10.9 Å². The summed E-state index contributed by atoms with van der Waals surface area (Å²) < 4.78 is 7.32. The van der Waals surface area contributed by atoms with Gasteiger partial charge in [-0.25, -0.2) is 4.79 Å². The Hall–Kier alpha value is -3.65. The van der Waals surface area contributed by atoms with Crippen molar-refractivity contribution in [2.75, 3.05) is 5.32 Å². The van der Waals surface area contributed by atoms with E-state index in [1.807, 2.05) is 68.4 Å². The number of carbonyl (C=O) groups is 2. The van der Waals surface area contributed by atoms with Gasteiger partial charge in [0.25, 0.3) is 0 Å². The summed E-state index contributed by atoms with van der Waals surface area (Å²) in [6.45, 7) is 4.94. The Kier molecular flexibility index (Phi) is 7.82. The van der Waals surface area contributed by atoms with E-state index < -0.39 is 18.1 Å². The molecule has 0 spiro atoms. The van der Waals surface area contributed by atoms with Crippen molar-refractivity contribution in [1.82, 2.24) is 15.1 Å². The third-order valence-corrected chi connectivity index (χ3v) is 6.22. The molecule has 3 aromatic rings. The lowest BCUT2D eigenvalue weighted by atomic mass is 10.1. The summed E-state index contributed by atoms with van der Waals surface area (Å²) in [5.74, 6) is -0.268. The Morgan fingerprint density at radius 3 is 2.49 bits per heavy atom. The zero-order valence-corrected chi connectivity index (χ0v) is 20.1. The van der Waals surface area contributed by atoms with E-state index in [9.17, 15) is 14.7 Å². The summed E-state index contributed by atoms with van der Waals surface area (Å²) in [4.78, 5) is 24.1. The van der Waals surface area contributed by atoms with E-state index >= 15 is 0 Å². The lowest BCUT2D eigenvalue weighted by Crippen LogP contribution is -2.36. The molecule has 0 radical (unpaired) electrons. The van der Waals surface area contributed by atoms with Crippen molar-refractivity contribution in [3.05, 3.63) is 71.9 Å². The van der Waals surface area contributed by atoms with Crippen molar-refractivity contribution in [3.8, 4) is 11.3 Å². The van der Waals surface area contributed by atoms with Gasteiger partial charge >= 0.3 is 12.1 Å². The number of hydrogen-bond donors (Lipinski definition) is 3. The van der Waals surface area contributed by atoms with E-state index in [0.717, 1.165) is 29.5 Å². The van der Waals surface area contributed by atoms with Gasteiger partial charge in [0.15, 0.2) is 0 Å². The number of nitrogens with one attached hydrogen (secondary N) is 2. The highest BCUT2D eigenvalue weighted by Gasteiger charge is 2.28. The predicted octanol–water partition coefficient (Wildman–Crippen LogP) is 5.22. The largest absolute Gasteiger partial charge is 0.480 e. The van der Waals surface area contributed by atoms with E-state index in [-0.39, 0.29) is 6.10 Å². The van der Waals surface area contributed by atoms with E-state index in [2.05, 4.69) is 15.7 Å². The van der Waals surface area contributed by atoms with Gasteiger partial charge in [0.2, 0.25) is 0 Å². The van der Waals surface area contributed by atoms with Crippen molar-refractivity contribution >= 4 is 17.7 Å². The van der Waals surface area contributed by atoms with Crippen LogP contribution in [0, 0.1) is 5.92 Å².